The molecule has 0 amide bonds. The van der Waals surface area contributed by atoms with E-state index in [-0.39, 0.29) is 6.07 Å². The smallest absolute Gasteiger partial charge is 0.293 e. The fourth-order valence-electron chi connectivity index (χ4n) is 1.38. The molecule has 0 aromatic heterocycles. The highest BCUT2D eigenvalue weighted by molar-refractivity contribution is 6.33. The molecule has 8 heteroatoms. The molecule has 0 radical (unpaired) electrons. The number of benzene rings is 1. The van der Waals surface area contributed by atoms with Gasteiger partial charge in [-0.15, -0.1) is 11.6 Å². The summed E-state index contributed by atoms with van der Waals surface area (Å²) < 4.78 is 75.1. The van der Waals surface area contributed by atoms with Crippen LogP contribution in [0.3, 0.4) is 0 Å². The van der Waals surface area contributed by atoms with Crippen molar-refractivity contribution in [1.29, 1.82) is 0 Å². The minimum atomic E-state index is -5.07. The standard InChI is InChI=1S/C11H7ClF6O/c1-5(12)9(19)7-3-2-6(10(13,14)15)4-8(7)11(16,17)18/h2-5H,1H3. The molecule has 0 spiro atoms. The first-order valence-corrected chi connectivity index (χ1v) is 5.35. The van der Waals surface area contributed by atoms with Gasteiger partial charge in [-0.05, 0) is 19.1 Å². The Morgan fingerprint density at radius 2 is 1.63 bits per heavy atom. The first-order chi connectivity index (χ1) is 8.44. The molecule has 1 atom stereocenters. The largest absolute Gasteiger partial charge is 0.417 e. The van der Waals surface area contributed by atoms with E-state index in [4.69, 9.17) is 11.6 Å². The highest BCUT2D eigenvalue weighted by Gasteiger charge is 2.39. The molecule has 0 saturated heterocycles. The molecule has 0 aliphatic heterocycles. The van der Waals surface area contributed by atoms with Crippen LogP contribution < -0.4 is 0 Å². The van der Waals surface area contributed by atoms with Crippen molar-refractivity contribution in [3.05, 3.63) is 34.9 Å². The van der Waals surface area contributed by atoms with Crippen molar-refractivity contribution in [2.75, 3.05) is 0 Å². The molecular weight excluding hydrogens is 298 g/mol. The Morgan fingerprint density at radius 3 is 2.00 bits per heavy atom. The molecule has 1 unspecified atom stereocenters. The number of carbonyl (C=O) groups excluding carboxylic acids is 1. The number of alkyl halides is 7. The number of halogens is 7. The Hall–Kier alpha value is -1.24. The molecule has 0 aliphatic rings. The molecule has 0 N–H and O–H groups in total. The van der Waals surface area contributed by atoms with Gasteiger partial charge >= 0.3 is 12.4 Å². The van der Waals surface area contributed by atoms with Crippen molar-refractivity contribution < 1.29 is 31.1 Å². The lowest BCUT2D eigenvalue weighted by Gasteiger charge is -2.15. The Morgan fingerprint density at radius 1 is 1.11 bits per heavy atom. The highest BCUT2D eigenvalue weighted by atomic mass is 35.5. The van der Waals surface area contributed by atoms with Crippen LogP contribution in [0.4, 0.5) is 26.3 Å². The first kappa shape index (κ1) is 15.8. The van der Waals surface area contributed by atoms with Crippen LogP contribution >= 0.6 is 11.6 Å². The van der Waals surface area contributed by atoms with E-state index in [9.17, 15) is 31.1 Å². The minimum Gasteiger partial charge on any atom is -0.293 e. The van der Waals surface area contributed by atoms with E-state index in [0.717, 1.165) is 6.92 Å². The van der Waals surface area contributed by atoms with Crippen molar-refractivity contribution in [1.82, 2.24) is 0 Å². The summed E-state index contributed by atoms with van der Waals surface area (Å²) in [7, 11) is 0. The predicted octanol–water partition coefficient (Wildman–Crippen LogP) is 4.53. The van der Waals surface area contributed by atoms with E-state index < -0.39 is 40.2 Å². The van der Waals surface area contributed by atoms with Crippen LogP contribution in [0.5, 0.6) is 0 Å². The Bertz CT molecular complexity index is 489. The van der Waals surface area contributed by atoms with Gasteiger partial charge in [0.25, 0.3) is 0 Å². The fourth-order valence-corrected chi connectivity index (χ4v) is 1.50. The van der Waals surface area contributed by atoms with Gasteiger partial charge in [-0.3, -0.25) is 4.79 Å². The molecule has 0 saturated carbocycles. The lowest BCUT2D eigenvalue weighted by Crippen LogP contribution is -2.19. The van der Waals surface area contributed by atoms with Crippen molar-refractivity contribution in [3.63, 3.8) is 0 Å². The van der Waals surface area contributed by atoms with Crippen LogP contribution in [0.2, 0.25) is 0 Å². The van der Waals surface area contributed by atoms with E-state index in [1.54, 1.807) is 0 Å². The summed E-state index contributed by atoms with van der Waals surface area (Å²) in [6.07, 6.45) is -9.99. The topological polar surface area (TPSA) is 17.1 Å². The summed E-state index contributed by atoms with van der Waals surface area (Å²) in [5.41, 5.74) is -3.98. The van der Waals surface area contributed by atoms with Crippen LogP contribution in [0, 0.1) is 0 Å². The molecule has 0 heterocycles. The normalized spacial score (nSPS) is 14.3. The number of Topliss-reactive ketones (excluding diaryl/α,β-unsaturated/α-hetero) is 1. The molecule has 0 aliphatic carbocycles. The average Bonchev–Trinajstić information content (AvgIpc) is 2.24. The zero-order chi connectivity index (χ0) is 15.0. The van der Waals surface area contributed by atoms with Gasteiger partial charge in [-0.25, -0.2) is 0 Å². The monoisotopic (exact) mass is 304 g/mol. The minimum absolute atomic E-state index is 0.0908. The SMILES string of the molecule is CC(Cl)C(=O)c1ccc(C(F)(F)F)cc1C(F)(F)F. The summed E-state index contributed by atoms with van der Waals surface area (Å²) in [6, 6.07) is 0.821. The maximum Gasteiger partial charge on any atom is 0.417 e. The van der Waals surface area contributed by atoms with Crippen molar-refractivity contribution in [2.24, 2.45) is 0 Å². The zero-order valence-electron chi connectivity index (χ0n) is 9.36. The molecule has 19 heavy (non-hydrogen) atoms. The number of hydrogen-bond acceptors (Lipinski definition) is 1. The summed E-state index contributed by atoms with van der Waals surface area (Å²) in [5.74, 6) is -1.08. The third kappa shape index (κ3) is 3.62. The Labute approximate surface area is 109 Å². The average molecular weight is 305 g/mol. The van der Waals surface area contributed by atoms with Crippen molar-refractivity contribution in [2.45, 2.75) is 24.7 Å². The molecule has 0 fully saturated rings. The second-order valence-corrected chi connectivity index (χ2v) is 4.39. The number of carbonyl (C=O) groups is 1. The van der Waals surface area contributed by atoms with Crippen LogP contribution in [0.1, 0.15) is 28.4 Å². The lowest BCUT2D eigenvalue weighted by atomic mass is 9.98. The first-order valence-electron chi connectivity index (χ1n) is 4.91. The van der Waals surface area contributed by atoms with Gasteiger partial charge in [0.1, 0.15) is 0 Å². The van der Waals surface area contributed by atoms with Crippen LogP contribution in [0.25, 0.3) is 0 Å². The molecule has 1 aromatic carbocycles. The maximum absolute atomic E-state index is 12.7. The molecule has 106 valence electrons. The zero-order valence-corrected chi connectivity index (χ0v) is 10.1. The molecule has 0 bridgehead atoms. The van der Waals surface area contributed by atoms with E-state index in [1.165, 1.54) is 0 Å². The molecule has 1 rings (SSSR count). The second-order valence-electron chi connectivity index (χ2n) is 3.74. The van der Waals surface area contributed by atoms with Gasteiger partial charge in [0.15, 0.2) is 5.78 Å². The van der Waals surface area contributed by atoms with Crippen LogP contribution in [-0.4, -0.2) is 11.2 Å². The Kier molecular flexibility index (Phi) is 4.19. The summed E-state index contributed by atoms with van der Waals surface area (Å²) in [4.78, 5) is 11.5. The van der Waals surface area contributed by atoms with Gasteiger partial charge in [-0.1, -0.05) is 6.07 Å². The van der Waals surface area contributed by atoms with Gasteiger partial charge < -0.3 is 0 Å². The van der Waals surface area contributed by atoms with E-state index in [0.29, 0.717) is 12.1 Å². The van der Waals surface area contributed by atoms with Crippen molar-refractivity contribution >= 4 is 17.4 Å². The summed E-state index contributed by atoms with van der Waals surface area (Å²) in [5, 5.41) is -1.27. The van der Waals surface area contributed by atoms with Crippen LogP contribution in [-0.2, 0) is 12.4 Å². The molecule has 1 aromatic rings. The van der Waals surface area contributed by atoms with Gasteiger partial charge in [-0.2, -0.15) is 26.3 Å². The third-order valence-electron chi connectivity index (χ3n) is 2.28. The number of hydrogen-bond donors (Lipinski definition) is 0. The number of rotatable bonds is 2. The van der Waals surface area contributed by atoms with Gasteiger partial charge in [0.2, 0.25) is 0 Å². The third-order valence-corrected chi connectivity index (χ3v) is 2.48. The molecule has 1 nitrogen and oxygen atoms in total. The fraction of sp³-hybridized carbons (Fsp3) is 0.364. The van der Waals surface area contributed by atoms with Gasteiger partial charge in [0, 0.05) is 5.56 Å². The van der Waals surface area contributed by atoms with E-state index >= 15 is 0 Å². The van der Waals surface area contributed by atoms with E-state index in [2.05, 4.69) is 0 Å². The van der Waals surface area contributed by atoms with Crippen molar-refractivity contribution in [3.8, 4) is 0 Å². The lowest BCUT2D eigenvalue weighted by molar-refractivity contribution is -0.143. The van der Waals surface area contributed by atoms with Crippen LogP contribution in [0.15, 0.2) is 18.2 Å². The summed E-state index contributed by atoms with van der Waals surface area (Å²) >= 11 is 5.38. The van der Waals surface area contributed by atoms with E-state index in [1.807, 2.05) is 0 Å². The highest BCUT2D eigenvalue weighted by Crippen LogP contribution is 2.37. The summed E-state index contributed by atoms with van der Waals surface area (Å²) in [6.45, 7) is 1.14. The molecular formula is C11H7ClF6O. The predicted molar refractivity (Wildman–Crippen MR) is 56.1 cm³/mol. The van der Waals surface area contributed by atoms with Gasteiger partial charge in [0.05, 0.1) is 16.5 Å². The maximum atomic E-state index is 12.7. The second kappa shape index (κ2) is 5.03. The number of ketones is 1. The Balaban J connectivity index is 3.47. The quantitative estimate of drug-likeness (QED) is 0.445.